The highest BCUT2D eigenvalue weighted by molar-refractivity contribution is 7.90. The third-order valence-electron chi connectivity index (χ3n) is 4.36. The highest BCUT2D eigenvalue weighted by Crippen LogP contribution is 2.25. The zero-order chi connectivity index (χ0) is 20.6. The number of hydrogen-bond donors (Lipinski definition) is 3. The number of rotatable bonds is 5. The van der Waals surface area contributed by atoms with E-state index in [1.165, 1.54) is 6.26 Å². The number of aromatic nitrogens is 4. The van der Waals surface area contributed by atoms with Crippen LogP contribution >= 0.6 is 0 Å². The van der Waals surface area contributed by atoms with Crippen LogP contribution in [0.4, 0.5) is 23.3 Å². The molecule has 9 heteroatoms. The van der Waals surface area contributed by atoms with Crippen molar-refractivity contribution in [3.05, 3.63) is 59.8 Å². The van der Waals surface area contributed by atoms with Gasteiger partial charge in [-0.25, -0.2) is 13.4 Å². The molecular formula is C20H20N6O2S. The van der Waals surface area contributed by atoms with Gasteiger partial charge in [0.1, 0.15) is 5.82 Å². The van der Waals surface area contributed by atoms with E-state index in [4.69, 9.17) is 0 Å². The van der Waals surface area contributed by atoms with E-state index in [0.717, 1.165) is 22.0 Å². The van der Waals surface area contributed by atoms with Crippen LogP contribution in [-0.4, -0.2) is 34.8 Å². The largest absolute Gasteiger partial charge is 0.324 e. The lowest BCUT2D eigenvalue weighted by molar-refractivity contribution is 0.602. The van der Waals surface area contributed by atoms with Crippen LogP contribution in [0.3, 0.4) is 0 Å². The molecule has 0 aliphatic heterocycles. The zero-order valence-electron chi connectivity index (χ0n) is 16.2. The second-order valence-corrected chi connectivity index (χ2v) is 8.96. The molecule has 4 aromatic rings. The molecule has 0 saturated carbocycles. The van der Waals surface area contributed by atoms with Gasteiger partial charge in [-0.2, -0.15) is 10.1 Å². The Labute approximate surface area is 168 Å². The third-order valence-corrected chi connectivity index (χ3v) is 5.45. The number of fused-ring (bicyclic) bond motifs is 1. The molecule has 0 radical (unpaired) electrons. The number of hydrogen-bond acceptors (Lipinski definition) is 7. The number of anilines is 4. The highest BCUT2D eigenvalue weighted by atomic mass is 32.2. The van der Waals surface area contributed by atoms with E-state index < -0.39 is 9.84 Å². The molecule has 0 unspecified atom stereocenters. The zero-order valence-corrected chi connectivity index (χ0v) is 17.0. The molecule has 29 heavy (non-hydrogen) atoms. The molecule has 0 fully saturated rings. The van der Waals surface area contributed by atoms with E-state index >= 15 is 0 Å². The molecule has 0 aliphatic rings. The summed E-state index contributed by atoms with van der Waals surface area (Å²) in [5.74, 6) is 1.57. The molecule has 0 amide bonds. The average Bonchev–Trinajstić information content (AvgIpc) is 3.02. The summed E-state index contributed by atoms with van der Waals surface area (Å²) in [6.45, 7) is 3.86. The number of benzene rings is 2. The summed E-state index contributed by atoms with van der Waals surface area (Å²) in [6, 6.07) is 12.8. The maximum atomic E-state index is 11.9. The molecule has 2 heterocycles. The lowest BCUT2D eigenvalue weighted by atomic mass is 10.2. The van der Waals surface area contributed by atoms with Gasteiger partial charge in [0.2, 0.25) is 5.95 Å². The fraction of sp³-hybridized carbons (Fsp3) is 0.150. The summed E-state index contributed by atoms with van der Waals surface area (Å²) < 4.78 is 23.7. The Hall–Kier alpha value is -3.46. The third kappa shape index (κ3) is 4.19. The Morgan fingerprint density at radius 1 is 0.966 bits per heavy atom. The van der Waals surface area contributed by atoms with Crippen molar-refractivity contribution in [3.63, 3.8) is 0 Å². The summed E-state index contributed by atoms with van der Waals surface area (Å²) >= 11 is 0. The Bertz CT molecular complexity index is 1310. The molecule has 2 aromatic carbocycles. The van der Waals surface area contributed by atoms with Gasteiger partial charge in [0.15, 0.2) is 15.7 Å². The first-order valence-electron chi connectivity index (χ1n) is 8.91. The van der Waals surface area contributed by atoms with Gasteiger partial charge in [0, 0.05) is 23.5 Å². The van der Waals surface area contributed by atoms with Crippen molar-refractivity contribution in [3.8, 4) is 0 Å². The van der Waals surface area contributed by atoms with Gasteiger partial charge in [-0.3, -0.25) is 5.10 Å². The second kappa shape index (κ2) is 7.17. The number of aromatic amines is 1. The Balaban J connectivity index is 1.60. The maximum absolute atomic E-state index is 11.9. The Kier molecular flexibility index (Phi) is 4.67. The first-order valence-corrected chi connectivity index (χ1v) is 10.8. The fourth-order valence-corrected chi connectivity index (χ4v) is 3.74. The van der Waals surface area contributed by atoms with Crippen molar-refractivity contribution in [1.29, 1.82) is 0 Å². The van der Waals surface area contributed by atoms with Gasteiger partial charge >= 0.3 is 0 Å². The minimum absolute atomic E-state index is 0.243. The number of nitrogens with zero attached hydrogens (tertiary/aromatic N) is 3. The first kappa shape index (κ1) is 18.9. The average molecular weight is 408 g/mol. The standard InChI is InChI=1S/C20H20N6O2S/c1-12-4-5-16-17(10-12)25-26-19(16)23-18-6-7-21-20(24-18)22-14-8-13(2)9-15(11-14)29(3,27)28/h4-11H,1-3H3,(H3,21,22,23,24,25,26). The van der Waals surface area contributed by atoms with E-state index in [9.17, 15) is 8.42 Å². The van der Waals surface area contributed by atoms with Crippen LogP contribution in [0.15, 0.2) is 53.6 Å². The van der Waals surface area contributed by atoms with Crippen molar-refractivity contribution < 1.29 is 8.42 Å². The normalized spacial score (nSPS) is 11.6. The molecule has 0 atom stereocenters. The van der Waals surface area contributed by atoms with Crippen molar-refractivity contribution in [1.82, 2.24) is 20.2 Å². The summed E-state index contributed by atoms with van der Waals surface area (Å²) in [4.78, 5) is 8.91. The van der Waals surface area contributed by atoms with Crippen LogP contribution in [0.25, 0.3) is 10.9 Å². The van der Waals surface area contributed by atoms with E-state index in [2.05, 4.69) is 30.8 Å². The van der Waals surface area contributed by atoms with Crippen LogP contribution in [0.5, 0.6) is 0 Å². The molecule has 0 bridgehead atoms. The summed E-state index contributed by atoms with van der Waals surface area (Å²) in [5.41, 5.74) is 3.51. The van der Waals surface area contributed by atoms with E-state index in [1.54, 1.807) is 24.4 Å². The predicted octanol–water partition coefficient (Wildman–Crippen LogP) is 3.86. The molecule has 2 aromatic heterocycles. The van der Waals surface area contributed by atoms with Crippen LogP contribution in [0.2, 0.25) is 0 Å². The SMILES string of the molecule is Cc1cc(Nc2nccc(Nc3n[nH]c4cc(C)ccc34)n2)cc(S(C)(=O)=O)c1. The molecule has 4 rings (SSSR count). The van der Waals surface area contributed by atoms with Gasteiger partial charge in [0.25, 0.3) is 0 Å². The maximum Gasteiger partial charge on any atom is 0.229 e. The lowest BCUT2D eigenvalue weighted by Crippen LogP contribution is -2.03. The van der Waals surface area contributed by atoms with Crippen molar-refractivity contribution in [2.45, 2.75) is 18.7 Å². The highest BCUT2D eigenvalue weighted by Gasteiger charge is 2.11. The van der Waals surface area contributed by atoms with Gasteiger partial charge in [-0.15, -0.1) is 0 Å². The van der Waals surface area contributed by atoms with Gasteiger partial charge < -0.3 is 10.6 Å². The summed E-state index contributed by atoms with van der Waals surface area (Å²) in [7, 11) is -3.31. The molecular weight excluding hydrogens is 388 g/mol. The minimum atomic E-state index is -3.31. The van der Waals surface area contributed by atoms with Crippen LogP contribution in [0, 0.1) is 13.8 Å². The van der Waals surface area contributed by atoms with Gasteiger partial charge in [-0.05, 0) is 61.4 Å². The van der Waals surface area contributed by atoms with Crippen molar-refractivity contribution in [2.75, 3.05) is 16.9 Å². The van der Waals surface area contributed by atoms with Crippen LogP contribution in [0.1, 0.15) is 11.1 Å². The van der Waals surface area contributed by atoms with Crippen molar-refractivity contribution >= 4 is 44.0 Å². The first-order chi connectivity index (χ1) is 13.8. The van der Waals surface area contributed by atoms with E-state index in [0.29, 0.717) is 23.3 Å². The summed E-state index contributed by atoms with van der Waals surface area (Å²) in [6.07, 6.45) is 2.80. The smallest absolute Gasteiger partial charge is 0.229 e. The predicted molar refractivity (Wildman–Crippen MR) is 114 cm³/mol. The second-order valence-electron chi connectivity index (χ2n) is 6.94. The monoisotopic (exact) mass is 408 g/mol. The van der Waals surface area contributed by atoms with Gasteiger partial charge in [-0.1, -0.05) is 6.07 Å². The van der Waals surface area contributed by atoms with Crippen LogP contribution < -0.4 is 10.6 Å². The van der Waals surface area contributed by atoms with Gasteiger partial charge in [0.05, 0.1) is 10.4 Å². The van der Waals surface area contributed by atoms with E-state index in [1.807, 2.05) is 38.1 Å². The van der Waals surface area contributed by atoms with Crippen molar-refractivity contribution in [2.24, 2.45) is 0 Å². The number of nitrogens with one attached hydrogen (secondary N) is 3. The molecule has 148 valence electrons. The summed E-state index contributed by atoms with van der Waals surface area (Å²) in [5, 5.41) is 14.5. The number of sulfone groups is 1. The minimum Gasteiger partial charge on any atom is -0.324 e. The molecule has 0 spiro atoms. The Morgan fingerprint density at radius 3 is 2.59 bits per heavy atom. The number of H-pyrrole nitrogens is 1. The van der Waals surface area contributed by atoms with E-state index in [-0.39, 0.29) is 4.90 Å². The van der Waals surface area contributed by atoms with Crippen LogP contribution in [-0.2, 0) is 9.84 Å². The number of aryl methyl sites for hydroxylation is 2. The topological polar surface area (TPSA) is 113 Å². The molecule has 8 nitrogen and oxygen atoms in total. The molecule has 0 aliphatic carbocycles. The molecule has 3 N–H and O–H groups in total. The fourth-order valence-electron chi connectivity index (χ4n) is 3.00. The quantitative estimate of drug-likeness (QED) is 0.459. The Morgan fingerprint density at radius 2 is 1.79 bits per heavy atom. The lowest BCUT2D eigenvalue weighted by Gasteiger charge is -2.09. The molecule has 0 saturated heterocycles.